The van der Waals surface area contributed by atoms with Gasteiger partial charge in [-0.3, -0.25) is 4.99 Å². The minimum atomic E-state index is 0.268. The van der Waals surface area contributed by atoms with Crippen LogP contribution in [0.15, 0.2) is 181 Å². The van der Waals surface area contributed by atoms with Crippen molar-refractivity contribution in [1.29, 1.82) is 0 Å². The third kappa shape index (κ3) is 5.14. The van der Waals surface area contributed by atoms with E-state index >= 15 is 0 Å². The van der Waals surface area contributed by atoms with Gasteiger partial charge in [-0.15, -0.1) is 0 Å². The fourth-order valence-electron chi connectivity index (χ4n) is 8.45. The van der Waals surface area contributed by atoms with E-state index in [1.54, 1.807) is 0 Å². The summed E-state index contributed by atoms with van der Waals surface area (Å²) in [5.74, 6) is 0.298. The molecule has 2 aliphatic rings. The fourth-order valence-corrected chi connectivity index (χ4v) is 8.45. The molecule has 2 unspecified atom stereocenters. The molecule has 0 bridgehead atoms. The SMILES string of the molecule is C1=CNC(C2=Nc3cc(-c4ccc(-c5c6ccccc6c(-c6ccc7ccccc7c6)c6ccccc56)cc4)ccc3C(c3ccccc3)C2)C1. The van der Waals surface area contributed by atoms with Crippen LogP contribution in [0.4, 0.5) is 5.69 Å². The van der Waals surface area contributed by atoms with E-state index in [1.165, 1.54) is 82.5 Å². The van der Waals surface area contributed by atoms with Gasteiger partial charge in [-0.25, -0.2) is 0 Å². The van der Waals surface area contributed by atoms with Crippen molar-refractivity contribution in [2.45, 2.75) is 24.8 Å². The fraction of sp³-hybridized carbons (Fsp3) is 0.0816. The molecule has 242 valence electrons. The van der Waals surface area contributed by atoms with Crippen LogP contribution in [-0.4, -0.2) is 11.8 Å². The first kappa shape index (κ1) is 29.6. The van der Waals surface area contributed by atoms with Crippen molar-refractivity contribution in [2.24, 2.45) is 4.99 Å². The van der Waals surface area contributed by atoms with E-state index in [0.717, 1.165) is 18.5 Å². The Kier molecular flexibility index (Phi) is 7.13. The highest BCUT2D eigenvalue weighted by molar-refractivity contribution is 6.21. The first-order valence-electron chi connectivity index (χ1n) is 18.0. The standard InChI is InChI=1S/C49H36N2/c1-2-12-34(13-3-1)44-31-47(45-19-10-28-50-45)51-46-30-37(26-27-39(44)46)33-20-23-35(24-21-33)48-40-15-6-8-17-42(40)49(43-18-9-7-16-41(43)48)38-25-22-32-11-4-5-14-36(32)29-38/h1-18,20-30,44-45,50H,19,31H2. The lowest BCUT2D eigenvalue weighted by Crippen LogP contribution is -2.32. The second-order valence-electron chi connectivity index (χ2n) is 13.9. The summed E-state index contributed by atoms with van der Waals surface area (Å²) in [6, 6.07) is 60.5. The Morgan fingerprint density at radius 1 is 0.490 bits per heavy atom. The van der Waals surface area contributed by atoms with Crippen molar-refractivity contribution < 1.29 is 0 Å². The summed E-state index contributed by atoms with van der Waals surface area (Å²) in [7, 11) is 0. The summed E-state index contributed by atoms with van der Waals surface area (Å²) < 4.78 is 0. The van der Waals surface area contributed by atoms with Crippen LogP contribution in [-0.2, 0) is 0 Å². The Morgan fingerprint density at radius 3 is 1.76 bits per heavy atom. The molecule has 2 nitrogen and oxygen atoms in total. The maximum atomic E-state index is 5.29. The monoisotopic (exact) mass is 652 g/mol. The molecule has 8 aromatic carbocycles. The van der Waals surface area contributed by atoms with E-state index in [1.807, 2.05) is 0 Å². The van der Waals surface area contributed by atoms with Crippen molar-refractivity contribution in [3.05, 3.63) is 187 Å². The van der Waals surface area contributed by atoms with Gasteiger partial charge in [0, 0.05) is 11.6 Å². The number of hydrogen-bond acceptors (Lipinski definition) is 2. The average Bonchev–Trinajstić information content (AvgIpc) is 3.75. The number of rotatable bonds is 5. The van der Waals surface area contributed by atoms with Crippen molar-refractivity contribution >= 4 is 43.7 Å². The molecule has 0 amide bonds. The first-order chi connectivity index (χ1) is 25.3. The molecular formula is C49H36N2. The Morgan fingerprint density at radius 2 is 1.08 bits per heavy atom. The number of nitrogens with one attached hydrogen (secondary N) is 1. The largest absolute Gasteiger partial charge is 0.383 e. The third-order valence-corrected chi connectivity index (χ3v) is 11.0. The Labute approximate surface area is 298 Å². The second-order valence-corrected chi connectivity index (χ2v) is 13.9. The molecule has 0 aliphatic carbocycles. The molecule has 0 radical (unpaired) electrons. The van der Waals surface area contributed by atoms with E-state index < -0.39 is 0 Å². The second kappa shape index (κ2) is 12.3. The highest BCUT2D eigenvalue weighted by Crippen LogP contribution is 2.45. The predicted molar refractivity (Wildman–Crippen MR) is 216 cm³/mol. The summed E-state index contributed by atoms with van der Waals surface area (Å²) in [6.07, 6.45) is 6.21. The van der Waals surface area contributed by atoms with Gasteiger partial charge < -0.3 is 5.32 Å². The highest BCUT2D eigenvalue weighted by atomic mass is 14.9. The van der Waals surface area contributed by atoms with Crippen LogP contribution in [0.2, 0.25) is 0 Å². The number of fused-ring (bicyclic) bond motifs is 4. The van der Waals surface area contributed by atoms with E-state index in [2.05, 4.69) is 181 Å². The summed E-state index contributed by atoms with van der Waals surface area (Å²) in [5.41, 5.74) is 12.4. The van der Waals surface area contributed by atoms with Gasteiger partial charge in [0.2, 0.25) is 0 Å². The van der Waals surface area contributed by atoms with Gasteiger partial charge in [0.15, 0.2) is 0 Å². The third-order valence-electron chi connectivity index (χ3n) is 11.0. The lowest BCUT2D eigenvalue weighted by Gasteiger charge is -2.28. The van der Waals surface area contributed by atoms with E-state index in [9.17, 15) is 0 Å². The lowest BCUT2D eigenvalue weighted by atomic mass is 9.81. The molecule has 0 aromatic heterocycles. The summed E-state index contributed by atoms with van der Waals surface area (Å²) >= 11 is 0. The van der Waals surface area contributed by atoms with Gasteiger partial charge in [-0.2, -0.15) is 0 Å². The van der Waals surface area contributed by atoms with Crippen molar-refractivity contribution in [2.75, 3.05) is 0 Å². The highest BCUT2D eigenvalue weighted by Gasteiger charge is 2.29. The molecule has 0 fully saturated rings. The van der Waals surface area contributed by atoms with Crippen LogP contribution in [0, 0.1) is 0 Å². The summed E-state index contributed by atoms with van der Waals surface area (Å²) in [4.78, 5) is 5.29. The Hall–Kier alpha value is -6.25. The van der Waals surface area contributed by atoms with Crippen LogP contribution in [0.25, 0.3) is 65.7 Å². The van der Waals surface area contributed by atoms with Gasteiger partial charge in [0.05, 0.1) is 11.7 Å². The zero-order chi connectivity index (χ0) is 33.7. The number of benzene rings is 8. The van der Waals surface area contributed by atoms with E-state index in [4.69, 9.17) is 4.99 Å². The number of aliphatic imine (C=N–C) groups is 1. The lowest BCUT2D eigenvalue weighted by molar-refractivity contribution is 0.738. The van der Waals surface area contributed by atoms with Gasteiger partial charge in [0.1, 0.15) is 0 Å². The topological polar surface area (TPSA) is 24.4 Å². The smallest absolute Gasteiger partial charge is 0.0676 e. The molecule has 2 atom stereocenters. The molecule has 0 saturated carbocycles. The zero-order valence-corrected chi connectivity index (χ0v) is 28.3. The van der Waals surface area contributed by atoms with Gasteiger partial charge in [0.25, 0.3) is 0 Å². The van der Waals surface area contributed by atoms with E-state index in [0.29, 0.717) is 5.92 Å². The van der Waals surface area contributed by atoms with Gasteiger partial charge >= 0.3 is 0 Å². The maximum absolute atomic E-state index is 5.29. The summed E-state index contributed by atoms with van der Waals surface area (Å²) in [5, 5.41) is 11.1. The van der Waals surface area contributed by atoms with Crippen LogP contribution in [0.3, 0.4) is 0 Å². The summed E-state index contributed by atoms with van der Waals surface area (Å²) in [6.45, 7) is 0. The minimum absolute atomic E-state index is 0.268. The predicted octanol–water partition coefficient (Wildman–Crippen LogP) is 12.6. The van der Waals surface area contributed by atoms with Crippen molar-refractivity contribution in [1.82, 2.24) is 5.32 Å². The van der Waals surface area contributed by atoms with Gasteiger partial charge in [-0.05, 0) is 108 Å². The van der Waals surface area contributed by atoms with Crippen LogP contribution in [0.1, 0.15) is 29.9 Å². The maximum Gasteiger partial charge on any atom is 0.0676 e. The number of hydrogen-bond donors (Lipinski definition) is 1. The minimum Gasteiger partial charge on any atom is -0.383 e. The molecule has 10 rings (SSSR count). The molecule has 8 aromatic rings. The Balaban J connectivity index is 1.07. The normalized spacial score (nSPS) is 16.7. The van der Waals surface area contributed by atoms with E-state index in [-0.39, 0.29) is 6.04 Å². The van der Waals surface area contributed by atoms with Crippen LogP contribution in [0.5, 0.6) is 0 Å². The zero-order valence-electron chi connectivity index (χ0n) is 28.3. The van der Waals surface area contributed by atoms with Crippen molar-refractivity contribution in [3.8, 4) is 33.4 Å². The quantitative estimate of drug-likeness (QED) is 0.184. The molecule has 51 heavy (non-hydrogen) atoms. The first-order valence-corrected chi connectivity index (χ1v) is 18.0. The molecule has 2 aliphatic heterocycles. The molecule has 2 heterocycles. The molecule has 0 saturated heterocycles. The van der Waals surface area contributed by atoms with Crippen LogP contribution >= 0.6 is 0 Å². The van der Waals surface area contributed by atoms with Crippen molar-refractivity contribution in [3.63, 3.8) is 0 Å². The molecule has 2 heteroatoms. The van der Waals surface area contributed by atoms with Gasteiger partial charge in [-0.1, -0.05) is 158 Å². The molecule has 0 spiro atoms. The Bertz CT molecular complexity index is 2600. The van der Waals surface area contributed by atoms with Crippen LogP contribution < -0.4 is 5.32 Å². The average molecular weight is 653 g/mol. The number of nitrogens with zero attached hydrogens (tertiary/aromatic N) is 1. The molecular weight excluding hydrogens is 617 g/mol. The molecule has 1 N–H and O–H groups in total.